The molecule has 2 rings (SSSR count). The van der Waals surface area contributed by atoms with Crippen molar-refractivity contribution in [3.63, 3.8) is 0 Å². The third kappa shape index (κ3) is 5.01. The first-order valence-electron chi connectivity index (χ1n) is 8.29. The minimum absolute atomic E-state index is 0.774. The number of hydrogen-bond acceptors (Lipinski definition) is 3. The van der Waals surface area contributed by atoms with E-state index in [1.807, 2.05) is 0 Å². The van der Waals surface area contributed by atoms with Crippen LogP contribution in [-0.4, -0.2) is 37.7 Å². The van der Waals surface area contributed by atoms with E-state index in [9.17, 15) is 0 Å². The summed E-state index contributed by atoms with van der Waals surface area (Å²) < 4.78 is 5.42. The molecule has 1 unspecified atom stereocenters. The third-order valence-electron chi connectivity index (χ3n) is 4.49. The zero-order chi connectivity index (χ0) is 15.1. The number of benzene rings is 1. The molecule has 1 aromatic carbocycles. The van der Waals surface area contributed by atoms with Gasteiger partial charge in [0, 0.05) is 18.2 Å². The Hall–Kier alpha value is -1.06. The van der Waals surface area contributed by atoms with Gasteiger partial charge in [-0.2, -0.15) is 0 Å². The van der Waals surface area contributed by atoms with Gasteiger partial charge in [-0.05, 0) is 58.8 Å². The minimum Gasteiger partial charge on any atom is -0.496 e. The number of methoxy groups -OCH3 is 1. The number of ether oxygens (including phenoxy) is 1. The van der Waals surface area contributed by atoms with Gasteiger partial charge in [0.1, 0.15) is 5.75 Å². The second kappa shape index (κ2) is 8.40. The number of aryl methyl sites for hydroxylation is 1. The summed E-state index contributed by atoms with van der Waals surface area (Å²) in [5, 5.41) is 3.55. The van der Waals surface area contributed by atoms with E-state index >= 15 is 0 Å². The average Bonchev–Trinajstić information content (AvgIpc) is 2.49. The fourth-order valence-corrected chi connectivity index (χ4v) is 3.17. The van der Waals surface area contributed by atoms with Crippen LogP contribution in [0.25, 0.3) is 0 Å². The van der Waals surface area contributed by atoms with Crippen molar-refractivity contribution in [1.82, 2.24) is 10.2 Å². The molecule has 3 nitrogen and oxygen atoms in total. The molecule has 0 spiro atoms. The minimum atomic E-state index is 0.774. The van der Waals surface area contributed by atoms with Crippen LogP contribution < -0.4 is 10.1 Å². The number of rotatable bonds is 7. The van der Waals surface area contributed by atoms with Crippen molar-refractivity contribution in [3.05, 3.63) is 29.3 Å². The molecule has 0 aromatic heterocycles. The number of nitrogens with one attached hydrogen (secondary N) is 1. The molecule has 118 valence electrons. The molecule has 1 saturated heterocycles. The molecule has 21 heavy (non-hydrogen) atoms. The van der Waals surface area contributed by atoms with Gasteiger partial charge in [0.05, 0.1) is 7.11 Å². The van der Waals surface area contributed by atoms with Crippen LogP contribution in [0.15, 0.2) is 18.2 Å². The first-order valence-corrected chi connectivity index (χ1v) is 8.29. The summed E-state index contributed by atoms with van der Waals surface area (Å²) in [6.45, 7) is 8.96. The van der Waals surface area contributed by atoms with Gasteiger partial charge in [0.25, 0.3) is 0 Å². The molecule has 0 radical (unpaired) electrons. The summed E-state index contributed by atoms with van der Waals surface area (Å²) in [4.78, 5) is 2.64. The Balaban J connectivity index is 1.69. The topological polar surface area (TPSA) is 24.5 Å². The quantitative estimate of drug-likeness (QED) is 0.779. The standard InChI is InChI=1S/C18H30N2O/c1-15-8-9-18(21-3)17(13-15)14-19-10-6-12-20-11-5-4-7-16(20)2/h8-9,13,16,19H,4-7,10-12,14H2,1-3H3. The van der Waals surface area contributed by atoms with E-state index in [-0.39, 0.29) is 0 Å². The number of hydrogen-bond donors (Lipinski definition) is 1. The second-order valence-electron chi connectivity index (χ2n) is 6.23. The van der Waals surface area contributed by atoms with Crippen LogP contribution in [0.2, 0.25) is 0 Å². The van der Waals surface area contributed by atoms with E-state index in [1.54, 1.807) is 7.11 Å². The maximum Gasteiger partial charge on any atom is 0.123 e. The van der Waals surface area contributed by atoms with Crippen molar-refractivity contribution in [3.8, 4) is 5.75 Å². The van der Waals surface area contributed by atoms with Crippen molar-refractivity contribution < 1.29 is 4.74 Å². The van der Waals surface area contributed by atoms with Crippen molar-refractivity contribution in [2.75, 3.05) is 26.7 Å². The van der Waals surface area contributed by atoms with Crippen LogP contribution in [0.4, 0.5) is 0 Å². The lowest BCUT2D eigenvalue weighted by molar-refractivity contribution is 0.159. The lowest BCUT2D eigenvalue weighted by Crippen LogP contribution is -2.38. The largest absolute Gasteiger partial charge is 0.496 e. The van der Waals surface area contributed by atoms with Crippen LogP contribution >= 0.6 is 0 Å². The predicted molar refractivity (Wildman–Crippen MR) is 88.9 cm³/mol. The van der Waals surface area contributed by atoms with Crippen molar-refractivity contribution in [2.45, 2.75) is 52.1 Å². The summed E-state index contributed by atoms with van der Waals surface area (Å²) in [5.41, 5.74) is 2.54. The van der Waals surface area contributed by atoms with Gasteiger partial charge >= 0.3 is 0 Å². The molecule has 1 heterocycles. The molecular weight excluding hydrogens is 260 g/mol. The lowest BCUT2D eigenvalue weighted by atomic mass is 10.0. The van der Waals surface area contributed by atoms with Crippen LogP contribution in [-0.2, 0) is 6.54 Å². The van der Waals surface area contributed by atoms with Gasteiger partial charge in [-0.15, -0.1) is 0 Å². The van der Waals surface area contributed by atoms with Crippen LogP contribution in [0.5, 0.6) is 5.75 Å². The highest BCUT2D eigenvalue weighted by atomic mass is 16.5. The van der Waals surface area contributed by atoms with E-state index in [0.717, 1.165) is 24.9 Å². The summed E-state index contributed by atoms with van der Waals surface area (Å²) >= 11 is 0. The van der Waals surface area contributed by atoms with Crippen LogP contribution in [0, 0.1) is 6.92 Å². The van der Waals surface area contributed by atoms with E-state index in [2.05, 4.69) is 42.3 Å². The molecule has 0 amide bonds. The first kappa shape index (κ1) is 16.3. The molecule has 1 atom stereocenters. The molecule has 1 N–H and O–H groups in total. The maximum absolute atomic E-state index is 5.42. The number of likely N-dealkylation sites (tertiary alicyclic amines) is 1. The zero-order valence-electron chi connectivity index (χ0n) is 13.8. The molecule has 1 aliphatic rings. The molecular formula is C18H30N2O. The molecule has 0 saturated carbocycles. The second-order valence-corrected chi connectivity index (χ2v) is 6.23. The molecule has 3 heteroatoms. The summed E-state index contributed by atoms with van der Waals surface area (Å²) in [5.74, 6) is 0.984. The smallest absolute Gasteiger partial charge is 0.123 e. The molecule has 0 aliphatic carbocycles. The fourth-order valence-electron chi connectivity index (χ4n) is 3.17. The van der Waals surface area contributed by atoms with Gasteiger partial charge in [0.15, 0.2) is 0 Å². The monoisotopic (exact) mass is 290 g/mol. The highest BCUT2D eigenvalue weighted by Gasteiger charge is 2.16. The Kier molecular flexibility index (Phi) is 6.52. The maximum atomic E-state index is 5.42. The highest BCUT2D eigenvalue weighted by molar-refractivity contribution is 5.36. The average molecular weight is 290 g/mol. The molecule has 1 aliphatic heterocycles. The predicted octanol–water partition coefficient (Wildman–Crippen LogP) is 3.36. The Morgan fingerprint density at radius 1 is 1.33 bits per heavy atom. The number of nitrogens with zero attached hydrogens (tertiary/aromatic N) is 1. The SMILES string of the molecule is COc1ccc(C)cc1CNCCCN1CCCCC1C. The van der Waals surface area contributed by atoms with Gasteiger partial charge in [0.2, 0.25) is 0 Å². The zero-order valence-corrected chi connectivity index (χ0v) is 13.8. The van der Waals surface area contributed by atoms with Crippen molar-refractivity contribution in [1.29, 1.82) is 0 Å². The Labute approximate surface area is 129 Å². The summed E-state index contributed by atoms with van der Waals surface area (Å²) in [6.07, 6.45) is 5.37. The van der Waals surface area contributed by atoms with Crippen LogP contribution in [0.1, 0.15) is 43.7 Å². The van der Waals surface area contributed by atoms with Gasteiger partial charge in [-0.25, -0.2) is 0 Å². The molecule has 0 bridgehead atoms. The highest BCUT2D eigenvalue weighted by Crippen LogP contribution is 2.19. The normalized spacial score (nSPS) is 19.7. The van der Waals surface area contributed by atoms with Crippen molar-refractivity contribution in [2.24, 2.45) is 0 Å². The Morgan fingerprint density at radius 3 is 2.95 bits per heavy atom. The van der Waals surface area contributed by atoms with Gasteiger partial charge < -0.3 is 15.0 Å². The number of piperidine rings is 1. The molecule has 1 aromatic rings. The summed E-state index contributed by atoms with van der Waals surface area (Å²) in [7, 11) is 1.74. The van der Waals surface area contributed by atoms with E-state index < -0.39 is 0 Å². The Morgan fingerprint density at radius 2 is 2.19 bits per heavy atom. The lowest BCUT2D eigenvalue weighted by Gasteiger charge is -2.33. The fraction of sp³-hybridized carbons (Fsp3) is 0.667. The first-order chi connectivity index (χ1) is 10.2. The Bertz CT molecular complexity index is 433. The van der Waals surface area contributed by atoms with E-state index in [4.69, 9.17) is 4.74 Å². The van der Waals surface area contributed by atoms with E-state index in [1.165, 1.54) is 49.9 Å². The third-order valence-corrected chi connectivity index (χ3v) is 4.49. The van der Waals surface area contributed by atoms with Crippen LogP contribution in [0.3, 0.4) is 0 Å². The summed E-state index contributed by atoms with van der Waals surface area (Å²) in [6, 6.07) is 7.14. The van der Waals surface area contributed by atoms with Crippen molar-refractivity contribution >= 4 is 0 Å². The van der Waals surface area contributed by atoms with Gasteiger partial charge in [-0.3, -0.25) is 0 Å². The van der Waals surface area contributed by atoms with E-state index in [0.29, 0.717) is 0 Å². The molecule has 1 fully saturated rings. The van der Waals surface area contributed by atoms with Gasteiger partial charge in [-0.1, -0.05) is 24.1 Å².